The van der Waals surface area contributed by atoms with Crippen molar-refractivity contribution in [1.29, 1.82) is 0 Å². The van der Waals surface area contributed by atoms with E-state index >= 15 is 0 Å². The van der Waals surface area contributed by atoms with Gasteiger partial charge in [0.15, 0.2) is 17.9 Å². The molecule has 1 aromatic rings. The van der Waals surface area contributed by atoms with Crippen LogP contribution in [0.2, 0.25) is 0 Å². The first-order valence-electron chi connectivity index (χ1n) is 3.62. The fourth-order valence-electron chi connectivity index (χ4n) is 0.958. The molecule has 0 aliphatic carbocycles. The van der Waals surface area contributed by atoms with Gasteiger partial charge >= 0.3 is 0 Å². The average molecular weight is 186 g/mol. The van der Waals surface area contributed by atoms with Crippen LogP contribution in [-0.2, 0) is 10.4 Å². The standard InChI is InChI=1S/C9H8F2O2/c1-9(13,5-12)6-3-2-4-7(10)8(6)11/h2-5,13H,1H3. The van der Waals surface area contributed by atoms with Gasteiger partial charge in [0.05, 0.1) is 0 Å². The molecule has 13 heavy (non-hydrogen) atoms. The van der Waals surface area contributed by atoms with Crippen LogP contribution >= 0.6 is 0 Å². The zero-order valence-electron chi connectivity index (χ0n) is 6.92. The summed E-state index contributed by atoms with van der Waals surface area (Å²) in [6.45, 7) is 1.10. The summed E-state index contributed by atoms with van der Waals surface area (Å²) >= 11 is 0. The Kier molecular flexibility index (Phi) is 2.43. The lowest BCUT2D eigenvalue weighted by atomic mass is 9.97. The van der Waals surface area contributed by atoms with Crippen LogP contribution in [0.15, 0.2) is 18.2 Å². The van der Waals surface area contributed by atoms with Crippen molar-refractivity contribution < 1.29 is 18.7 Å². The average Bonchev–Trinajstić information content (AvgIpc) is 2.09. The number of hydrogen-bond donors (Lipinski definition) is 1. The third kappa shape index (κ3) is 1.72. The first-order chi connectivity index (χ1) is 5.99. The number of hydrogen-bond acceptors (Lipinski definition) is 2. The van der Waals surface area contributed by atoms with E-state index in [-0.39, 0.29) is 11.8 Å². The minimum Gasteiger partial charge on any atom is -0.378 e. The van der Waals surface area contributed by atoms with Crippen LogP contribution in [0, 0.1) is 11.6 Å². The molecule has 0 spiro atoms. The third-order valence-electron chi connectivity index (χ3n) is 1.73. The van der Waals surface area contributed by atoms with E-state index in [4.69, 9.17) is 0 Å². The predicted molar refractivity (Wildman–Crippen MR) is 42.0 cm³/mol. The van der Waals surface area contributed by atoms with Gasteiger partial charge in [-0.25, -0.2) is 8.78 Å². The second-order valence-electron chi connectivity index (χ2n) is 2.87. The third-order valence-corrected chi connectivity index (χ3v) is 1.73. The molecular weight excluding hydrogens is 178 g/mol. The molecule has 0 saturated heterocycles. The zero-order valence-corrected chi connectivity index (χ0v) is 6.92. The van der Waals surface area contributed by atoms with E-state index in [9.17, 15) is 18.7 Å². The number of carbonyl (C=O) groups is 1. The molecule has 1 N–H and O–H groups in total. The lowest BCUT2D eigenvalue weighted by molar-refractivity contribution is -0.123. The number of aldehydes is 1. The number of rotatable bonds is 2. The highest BCUT2D eigenvalue weighted by atomic mass is 19.2. The van der Waals surface area contributed by atoms with Gasteiger partial charge in [-0.3, -0.25) is 4.79 Å². The quantitative estimate of drug-likeness (QED) is 0.708. The van der Waals surface area contributed by atoms with Crippen LogP contribution in [-0.4, -0.2) is 11.4 Å². The summed E-state index contributed by atoms with van der Waals surface area (Å²) in [7, 11) is 0. The maximum Gasteiger partial charge on any atom is 0.165 e. The van der Waals surface area contributed by atoms with Gasteiger partial charge < -0.3 is 5.11 Å². The molecule has 1 atom stereocenters. The zero-order chi connectivity index (χ0) is 10.1. The van der Waals surface area contributed by atoms with Crippen molar-refractivity contribution >= 4 is 6.29 Å². The number of benzene rings is 1. The van der Waals surface area contributed by atoms with E-state index in [0.717, 1.165) is 19.1 Å². The fourth-order valence-corrected chi connectivity index (χ4v) is 0.958. The van der Waals surface area contributed by atoms with Gasteiger partial charge in [-0.05, 0) is 13.0 Å². The Hall–Kier alpha value is -1.29. The Balaban J connectivity index is 3.30. The van der Waals surface area contributed by atoms with Crippen LogP contribution in [0.5, 0.6) is 0 Å². The van der Waals surface area contributed by atoms with Crippen LogP contribution in [0.25, 0.3) is 0 Å². The van der Waals surface area contributed by atoms with Crippen molar-refractivity contribution in [3.63, 3.8) is 0 Å². The Morgan fingerprint density at radius 3 is 2.62 bits per heavy atom. The molecule has 0 saturated carbocycles. The molecule has 0 aliphatic heterocycles. The molecule has 70 valence electrons. The Morgan fingerprint density at radius 1 is 1.46 bits per heavy atom. The van der Waals surface area contributed by atoms with E-state index in [1.807, 2.05) is 0 Å². The second-order valence-corrected chi connectivity index (χ2v) is 2.87. The molecular formula is C9H8F2O2. The van der Waals surface area contributed by atoms with Gasteiger partial charge in [0.1, 0.15) is 5.60 Å². The highest BCUT2D eigenvalue weighted by molar-refractivity contribution is 5.65. The summed E-state index contributed by atoms with van der Waals surface area (Å²) in [4.78, 5) is 10.4. The van der Waals surface area contributed by atoms with Gasteiger partial charge in [0.25, 0.3) is 0 Å². The van der Waals surface area contributed by atoms with Gasteiger partial charge in [-0.15, -0.1) is 0 Å². The first-order valence-corrected chi connectivity index (χ1v) is 3.62. The highest BCUT2D eigenvalue weighted by Gasteiger charge is 2.27. The van der Waals surface area contributed by atoms with E-state index in [0.29, 0.717) is 0 Å². The minimum atomic E-state index is -1.98. The summed E-state index contributed by atoms with van der Waals surface area (Å²) in [5.74, 6) is -2.28. The highest BCUT2D eigenvalue weighted by Crippen LogP contribution is 2.22. The molecule has 0 fully saturated rings. The van der Waals surface area contributed by atoms with Crippen molar-refractivity contribution in [3.05, 3.63) is 35.4 Å². The molecule has 0 aromatic heterocycles. The van der Waals surface area contributed by atoms with E-state index in [2.05, 4.69) is 0 Å². The first kappa shape index (κ1) is 9.80. The van der Waals surface area contributed by atoms with Crippen LogP contribution < -0.4 is 0 Å². The normalized spacial score (nSPS) is 15.1. The minimum absolute atomic E-state index is 0.158. The lowest BCUT2D eigenvalue weighted by Gasteiger charge is -2.16. The topological polar surface area (TPSA) is 37.3 Å². The Labute approximate surface area is 73.8 Å². The van der Waals surface area contributed by atoms with Crippen molar-refractivity contribution in [2.24, 2.45) is 0 Å². The molecule has 4 heteroatoms. The molecule has 0 amide bonds. The van der Waals surface area contributed by atoms with Crippen molar-refractivity contribution in [2.45, 2.75) is 12.5 Å². The Bertz CT molecular complexity index is 334. The summed E-state index contributed by atoms with van der Waals surface area (Å²) in [5, 5.41) is 9.33. The molecule has 2 nitrogen and oxygen atoms in total. The van der Waals surface area contributed by atoms with Crippen LogP contribution in [0.3, 0.4) is 0 Å². The van der Waals surface area contributed by atoms with Gasteiger partial charge in [0, 0.05) is 5.56 Å². The largest absolute Gasteiger partial charge is 0.378 e. The summed E-state index contributed by atoms with van der Waals surface area (Å²) in [5.41, 5.74) is -2.34. The fraction of sp³-hybridized carbons (Fsp3) is 0.222. The van der Waals surface area contributed by atoms with E-state index in [1.54, 1.807) is 0 Å². The predicted octanol–water partition coefficient (Wildman–Crippen LogP) is 1.37. The molecule has 0 aliphatic rings. The number of halogens is 2. The lowest BCUT2D eigenvalue weighted by Crippen LogP contribution is -2.24. The Morgan fingerprint density at radius 2 is 2.08 bits per heavy atom. The van der Waals surface area contributed by atoms with Gasteiger partial charge in [-0.2, -0.15) is 0 Å². The van der Waals surface area contributed by atoms with Crippen molar-refractivity contribution in [2.75, 3.05) is 0 Å². The molecule has 1 unspecified atom stereocenters. The van der Waals surface area contributed by atoms with E-state index < -0.39 is 17.2 Å². The molecule has 1 rings (SSSR count). The van der Waals surface area contributed by atoms with Crippen LogP contribution in [0.1, 0.15) is 12.5 Å². The monoisotopic (exact) mass is 186 g/mol. The smallest absolute Gasteiger partial charge is 0.165 e. The molecule has 0 heterocycles. The molecule has 0 bridgehead atoms. The van der Waals surface area contributed by atoms with Crippen molar-refractivity contribution in [1.82, 2.24) is 0 Å². The molecule has 1 aromatic carbocycles. The van der Waals surface area contributed by atoms with E-state index in [1.165, 1.54) is 6.07 Å². The SMILES string of the molecule is CC(O)(C=O)c1cccc(F)c1F. The maximum absolute atomic E-state index is 13.0. The summed E-state index contributed by atoms with van der Waals surface area (Å²) in [6.07, 6.45) is 0.158. The number of carbonyl (C=O) groups excluding carboxylic acids is 1. The second kappa shape index (κ2) is 3.22. The molecule has 0 radical (unpaired) electrons. The van der Waals surface area contributed by atoms with Crippen molar-refractivity contribution in [3.8, 4) is 0 Å². The summed E-state index contributed by atoms with van der Waals surface area (Å²) in [6, 6.07) is 3.30. The van der Waals surface area contributed by atoms with Crippen LogP contribution in [0.4, 0.5) is 8.78 Å². The maximum atomic E-state index is 13.0. The number of aliphatic hydroxyl groups is 1. The van der Waals surface area contributed by atoms with Gasteiger partial charge in [0.2, 0.25) is 0 Å². The van der Waals surface area contributed by atoms with Gasteiger partial charge in [-0.1, -0.05) is 12.1 Å². The summed E-state index contributed by atoms with van der Waals surface area (Å²) < 4.78 is 25.6.